The van der Waals surface area contributed by atoms with Crippen LogP contribution in [0.1, 0.15) is 21.3 Å². The first-order chi connectivity index (χ1) is 14.8. The van der Waals surface area contributed by atoms with E-state index in [1.165, 1.54) is 48.2 Å². The van der Waals surface area contributed by atoms with E-state index in [2.05, 4.69) is 5.43 Å². The van der Waals surface area contributed by atoms with Crippen LogP contribution in [0.25, 0.3) is 11.1 Å². The van der Waals surface area contributed by atoms with Gasteiger partial charge in [0.2, 0.25) is 0 Å². The van der Waals surface area contributed by atoms with Gasteiger partial charge in [-0.05, 0) is 53.1 Å². The number of halogens is 3. The van der Waals surface area contributed by atoms with E-state index in [1.54, 1.807) is 6.07 Å². The van der Waals surface area contributed by atoms with E-state index < -0.39 is 34.6 Å². The molecular formula is C22H15F3N2O3S. The van der Waals surface area contributed by atoms with Gasteiger partial charge in [0.05, 0.1) is 11.3 Å². The molecule has 0 spiro atoms. The Balaban J connectivity index is 1.62. The first kappa shape index (κ1) is 20.8. The Kier molecular flexibility index (Phi) is 5.60. The smallest absolute Gasteiger partial charge is 0.273 e. The number of thioether (sulfide) groups is 1. The predicted octanol–water partition coefficient (Wildman–Crippen LogP) is 4.40. The molecule has 2 N–H and O–H groups in total. The lowest BCUT2D eigenvalue weighted by Gasteiger charge is -2.25. The standard InChI is InChI=1S/C22H15F3N2O3S/c23-15-3-1-2-13(6-15)22-27(20(29)11-31-22)26-21(30)18-9-12(4-5-19(18)28)14-7-16(24)10-17(25)8-14/h1-10,22,28H,11H2,(H,26,30). The Morgan fingerprint density at radius 3 is 2.42 bits per heavy atom. The number of rotatable bonds is 4. The van der Waals surface area contributed by atoms with E-state index in [4.69, 9.17) is 0 Å². The van der Waals surface area contributed by atoms with E-state index in [-0.39, 0.29) is 22.6 Å². The van der Waals surface area contributed by atoms with Gasteiger partial charge in [0.1, 0.15) is 28.6 Å². The minimum absolute atomic E-state index is 0.0794. The van der Waals surface area contributed by atoms with Crippen molar-refractivity contribution in [1.82, 2.24) is 10.4 Å². The third-order valence-electron chi connectivity index (χ3n) is 4.66. The van der Waals surface area contributed by atoms with Gasteiger partial charge in [0.15, 0.2) is 0 Å². The number of aromatic hydroxyl groups is 1. The fourth-order valence-corrected chi connectivity index (χ4v) is 4.34. The molecule has 0 bridgehead atoms. The molecule has 158 valence electrons. The number of carbonyl (C=O) groups excluding carboxylic acids is 2. The summed E-state index contributed by atoms with van der Waals surface area (Å²) in [6, 6.07) is 12.5. The third kappa shape index (κ3) is 4.36. The molecule has 4 rings (SSSR count). The first-order valence-electron chi connectivity index (χ1n) is 9.11. The van der Waals surface area contributed by atoms with E-state index in [0.717, 1.165) is 23.2 Å². The summed E-state index contributed by atoms with van der Waals surface area (Å²) in [5.41, 5.74) is 3.22. The zero-order valence-electron chi connectivity index (χ0n) is 15.8. The highest BCUT2D eigenvalue weighted by Crippen LogP contribution is 2.37. The monoisotopic (exact) mass is 444 g/mol. The lowest BCUT2D eigenvalue weighted by molar-refractivity contribution is -0.130. The van der Waals surface area contributed by atoms with Gasteiger partial charge in [-0.25, -0.2) is 18.2 Å². The van der Waals surface area contributed by atoms with Crippen molar-refractivity contribution < 1.29 is 27.9 Å². The number of hydrazine groups is 1. The average Bonchev–Trinajstić information content (AvgIpc) is 3.08. The van der Waals surface area contributed by atoms with Crippen molar-refractivity contribution in [3.05, 3.63) is 89.2 Å². The molecule has 1 saturated heterocycles. The van der Waals surface area contributed by atoms with E-state index in [1.807, 2.05) is 0 Å². The number of hydrogen-bond acceptors (Lipinski definition) is 4. The van der Waals surface area contributed by atoms with Gasteiger partial charge in [-0.1, -0.05) is 18.2 Å². The largest absolute Gasteiger partial charge is 0.507 e. The second kappa shape index (κ2) is 8.35. The molecule has 3 aromatic carbocycles. The summed E-state index contributed by atoms with van der Waals surface area (Å²) in [6.45, 7) is 0. The van der Waals surface area contributed by atoms with E-state index >= 15 is 0 Å². The van der Waals surface area contributed by atoms with Crippen LogP contribution in [0.4, 0.5) is 13.2 Å². The number of nitrogens with one attached hydrogen (secondary N) is 1. The highest BCUT2D eigenvalue weighted by atomic mass is 32.2. The molecule has 5 nitrogen and oxygen atoms in total. The molecule has 1 fully saturated rings. The van der Waals surface area contributed by atoms with E-state index in [0.29, 0.717) is 11.1 Å². The normalized spacial score (nSPS) is 15.9. The Bertz CT molecular complexity index is 1170. The molecule has 1 atom stereocenters. The highest BCUT2D eigenvalue weighted by molar-refractivity contribution is 8.00. The van der Waals surface area contributed by atoms with E-state index in [9.17, 15) is 27.9 Å². The second-order valence-corrected chi connectivity index (χ2v) is 7.88. The van der Waals surface area contributed by atoms with Crippen molar-refractivity contribution >= 4 is 23.6 Å². The SMILES string of the molecule is O=C(NN1C(=O)CSC1c1cccc(F)c1)c1cc(-c2cc(F)cc(F)c2)ccc1O. The second-order valence-electron chi connectivity index (χ2n) is 6.81. The number of amides is 2. The summed E-state index contributed by atoms with van der Waals surface area (Å²) >= 11 is 1.21. The van der Waals surface area contributed by atoms with Gasteiger partial charge in [0.25, 0.3) is 11.8 Å². The Hall–Kier alpha value is -3.46. The van der Waals surface area contributed by atoms with Crippen molar-refractivity contribution in [2.75, 3.05) is 5.75 Å². The molecule has 0 aliphatic carbocycles. The molecule has 0 radical (unpaired) electrons. The van der Waals surface area contributed by atoms with Crippen LogP contribution in [0.3, 0.4) is 0 Å². The van der Waals surface area contributed by atoms with Gasteiger partial charge < -0.3 is 5.11 Å². The third-order valence-corrected chi connectivity index (χ3v) is 5.87. The molecule has 1 aliphatic rings. The molecule has 9 heteroatoms. The van der Waals surface area contributed by atoms with Gasteiger partial charge in [-0.2, -0.15) is 0 Å². The van der Waals surface area contributed by atoms with Gasteiger partial charge >= 0.3 is 0 Å². The van der Waals surface area contributed by atoms with Gasteiger partial charge in [0, 0.05) is 6.07 Å². The Labute approximate surface area is 179 Å². The van der Waals surface area contributed by atoms with Crippen LogP contribution in [0.15, 0.2) is 60.7 Å². The predicted molar refractivity (Wildman–Crippen MR) is 109 cm³/mol. The van der Waals surface area contributed by atoms with Crippen LogP contribution in [0, 0.1) is 17.5 Å². The zero-order chi connectivity index (χ0) is 22.1. The quantitative estimate of drug-likeness (QED) is 0.626. The molecule has 3 aromatic rings. The summed E-state index contributed by atoms with van der Waals surface area (Å²) in [7, 11) is 0. The molecule has 2 amide bonds. The molecular weight excluding hydrogens is 429 g/mol. The number of carbonyl (C=O) groups is 2. The summed E-state index contributed by atoms with van der Waals surface area (Å²) < 4.78 is 40.7. The average molecular weight is 444 g/mol. The topological polar surface area (TPSA) is 69.6 Å². The number of hydrogen-bond donors (Lipinski definition) is 2. The minimum Gasteiger partial charge on any atom is -0.507 e. The fourth-order valence-electron chi connectivity index (χ4n) is 3.24. The van der Waals surface area contributed by atoms with Gasteiger partial charge in [-0.15, -0.1) is 11.8 Å². The molecule has 31 heavy (non-hydrogen) atoms. The van der Waals surface area contributed by atoms with Crippen LogP contribution in [0.2, 0.25) is 0 Å². The Morgan fingerprint density at radius 2 is 1.71 bits per heavy atom. The summed E-state index contributed by atoms with van der Waals surface area (Å²) in [5, 5.41) is 10.6. The zero-order valence-corrected chi connectivity index (χ0v) is 16.6. The van der Waals surface area contributed by atoms with Crippen molar-refractivity contribution in [2.24, 2.45) is 0 Å². The molecule has 0 saturated carbocycles. The maximum atomic E-state index is 13.6. The minimum atomic E-state index is -0.798. The van der Waals surface area contributed by atoms with Crippen LogP contribution in [-0.2, 0) is 4.79 Å². The Morgan fingerprint density at radius 1 is 0.968 bits per heavy atom. The molecule has 1 aliphatic heterocycles. The van der Waals surface area contributed by atoms with Crippen molar-refractivity contribution in [3.63, 3.8) is 0 Å². The van der Waals surface area contributed by atoms with Crippen LogP contribution < -0.4 is 5.43 Å². The lowest BCUT2D eigenvalue weighted by atomic mass is 10.0. The van der Waals surface area contributed by atoms with Gasteiger partial charge in [-0.3, -0.25) is 15.0 Å². The van der Waals surface area contributed by atoms with Crippen LogP contribution in [-0.4, -0.2) is 27.7 Å². The summed E-state index contributed by atoms with van der Waals surface area (Å²) in [5.74, 6) is -3.53. The number of nitrogens with zero attached hydrogens (tertiary/aromatic N) is 1. The molecule has 0 aromatic heterocycles. The highest BCUT2D eigenvalue weighted by Gasteiger charge is 2.35. The van der Waals surface area contributed by atoms with Crippen LogP contribution >= 0.6 is 11.8 Å². The summed E-state index contributed by atoms with van der Waals surface area (Å²) in [4.78, 5) is 25.1. The number of phenols is 1. The fraction of sp³-hybridized carbons (Fsp3) is 0.0909. The first-order valence-corrected chi connectivity index (χ1v) is 10.2. The van der Waals surface area contributed by atoms with Crippen molar-refractivity contribution in [3.8, 4) is 16.9 Å². The van der Waals surface area contributed by atoms with Crippen molar-refractivity contribution in [2.45, 2.75) is 5.37 Å². The summed E-state index contributed by atoms with van der Waals surface area (Å²) in [6.07, 6.45) is 0. The number of benzene rings is 3. The van der Waals surface area contributed by atoms with Crippen LogP contribution in [0.5, 0.6) is 5.75 Å². The molecule has 1 heterocycles. The van der Waals surface area contributed by atoms with Crippen molar-refractivity contribution in [1.29, 1.82) is 0 Å². The molecule has 1 unspecified atom stereocenters. The maximum absolute atomic E-state index is 13.6. The lowest BCUT2D eigenvalue weighted by Crippen LogP contribution is -2.44. The maximum Gasteiger partial charge on any atom is 0.273 e. The number of phenolic OH excluding ortho intramolecular Hbond substituents is 1.